The minimum absolute atomic E-state index is 0.0493. The largest absolute Gasteiger partial charge is 0.374 e. The van der Waals surface area contributed by atoms with Crippen molar-refractivity contribution < 1.29 is 19.1 Å². The second-order valence-electron chi connectivity index (χ2n) is 9.08. The molecule has 1 aromatic rings. The molecular weight excluding hydrogens is 422 g/mol. The highest BCUT2D eigenvalue weighted by Crippen LogP contribution is 2.13. The first-order valence-corrected chi connectivity index (χ1v) is 11.6. The van der Waals surface area contributed by atoms with Crippen molar-refractivity contribution in [3.63, 3.8) is 0 Å². The van der Waals surface area contributed by atoms with Crippen molar-refractivity contribution >= 4 is 23.5 Å². The van der Waals surface area contributed by atoms with Gasteiger partial charge in [0.1, 0.15) is 6.04 Å². The number of anilines is 1. The van der Waals surface area contributed by atoms with Crippen LogP contribution in [0.15, 0.2) is 24.3 Å². The molecule has 1 unspecified atom stereocenters. The van der Waals surface area contributed by atoms with Gasteiger partial charge in [-0.05, 0) is 50.3 Å². The fraction of sp³-hybridized carbons (Fsp3) is 0.625. The molecule has 0 heterocycles. The molecule has 33 heavy (non-hydrogen) atoms. The number of nitrogens with two attached hydrogens (primary N) is 1. The van der Waals surface area contributed by atoms with Crippen molar-refractivity contribution in [1.29, 1.82) is 0 Å². The summed E-state index contributed by atoms with van der Waals surface area (Å²) >= 11 is 0. The van der Waals surface area contributed by atoms with Crippen LogP contribution in [0, 0.1) is 5.92 Å². The third-order valence-electron chi connectivity index (χ3n) is 4.87. The van der Waals surface area contributed by atoms with E-state index in [-0.39, 0.29) is 29.9 Å². The van der Waals surface area contributed by atoms with E-state index in [0.717, 1.165) is 5.56 Å². The Morgan fingerprint density at radius 1 is 0.970 bits per heavy atom. The summed E-state index contributed by atoms with van der Waals surface area (Å²) in [7, 11) is 0. The zero-order valence-corrected chi connectivity index (χ0v) is 20.7. The molecule has 6 N–H and O–H groups in total. The van der Waals surface area contributed by atoms with E-state index < -0.39 is 18.1 Å². The van der Waals surface area contributed by atoms with Crippen molar-refractivity contribution in [1.82, 2.24) is 16.0 Å². The Kier molecular flexibility index (Phi) is 12.5. The molecule has 186 valence electrons. The highest BCUT2D eigenvalue weighted by atomic mass is 16.5. The van der Waals surface area contributed by atoms with Crippen molar-refractivity contribution in [3.8, 4) is 0 Å². The molecule has 0 radical (unpaired) electrons. The molecule has 1 rings (SSSR count). The number of rotatable bonds is 14. The molecule has 0 fully saturated rings. The summed E-state index contributed by atoms with van der Waals surface area (Å²) in [5.41, 5.74) is 6.74. The minimum atomic E-state index is -0.758. The number of carbonyl (C=O) groups excluding carboxylic acids is 3. The third kappa shape index (κ3) is 11.7. The summed E-state index contributed by atoms with van der Waals surface area (Å²) < 4.78 is 5.59. The Labute approximate surface area is 197 Å². The Morgan fingerprint density at radius 3 is 2.12 bits per heavy atom. The van der Waals surface area contributed by atoms with Gasteiger partial charge in [0, 0.05) is 18.3 Å². The number of carbonyl (C=O) groups is 3. The molecule has 0 aromatic heterocycles. The predicted molar refractivity (Wildman–Crippen MR) is 131 cm³/mol. The fourth-order valence-corrected chi connectivity index (χ4v) is 3.15. The molecule has 0 aliphatic heterocycles. The van der Waals surface area contributed by atoms with E-state index in [1.165, 1.54) is 0 Å². The third-order valence-corrected chi connectivity index (χ3v) is 4.87. The number of benzene rings is 1. The van der Waals surface area contributed by atoms with Crippen LogP contribution < -0.4 is 27.0 Å². The molecule has 0 saturated heterocycles. The lowest BCUT2D eigenvalue weighted by molar-refractivity contribution is -0.129. The highest BCUT2D eigenvalue weighted by Gasteiger charge is 2.27. The van der Waals surface area contributed by atoms with Crippen molar-refractivity contribution in [2.45, 2.75) is 85.2 Å². The maximum Gasteiger partial charge on any atom is 0.312 e. The normalized spacial score (nSPS) is 13.1. The number of amides is 4. The molecule has 9 nitrogen and oxygen atoms in total. The van der Waals surface area contributed by atoms with Gasteiger partial charge in [-0.15, -0.1) is 0 Å². The summed E-state index contributed by atoms with van der Waals surface area (Å²) in [6.45, 7) is 12.6. The van der Waals surface area contributed by atoms with Crippen molar-refractivity contribution in [2.24, 2.45) is 11.7 Å². The number of hydrogen-bond donors (Lipinski definition) is 5. The van der Waals surface area contributed by atoms with Crippen LogP contribution in [0.3, 0.4) is 0 Å². The van der Waals surface area contributed by atoms with E-state index in [1.54, 1.807) is 0 Å². The molecule has 0 aliphatic carbocycles. The van der Waals surface area contributed by atoms with Gasteiger partial charge in [0.25, 0.3) is 0 Å². The zero-order chi connectivity index (χ0) is 25.0. The monoisotopic (exact) mass is 463 g/mol. The Balaban J connectivity index is 2.85. The minimum Gasteiger partial charge on any atom is -0.374 e. The van der Waals surface area contributed by atoms with Crippen LogP contribution >= 0.6 is 0 Å². The molecule has 4 amide bonds. The average molecular weight is 464 g/mol. The maximum atomic E-state index is 13.0. The molecule has 1 aromatic carbocycles. The predicted octanol–water partition coefficient (Wildman–Crippen LogP) is 2.51. The second-order valence-corrected chi connectivity index (χ2v) is 9.08. The standard InChI is InChI=1S/C24H41N5O4/c1-15(2)21(27-16(3)4)23(31)29-20(8-7-13-26-24(25)32)22(30)28-19-11-9-18(10-12-19)14-33-17(5)6/h9-12,15-17,20-21,27H,7-8,13-14H2,1-6H3,(H,28,30)(H,29,31)(H3,25,26,32)/t20-,21?/m0/s1. The molecule has 9 heteroatoms. The van der Waals surface area contributed by atoms with E-state index in [0.29, 0.717) is 31.7 Å². The molecule has 2 atom stereocenters. The highest BCUT2D eigenvalue weighted by molar-refractivity contribution is 5.97. The van der Waals surface area contributed by atoms with E-state index in [9.17, 15) is 14.4 Å². The summed E-state index contributed by atoms with van der Waals surface area (Å²) in [5.74, 6) is -0.503. The molecule has 0 aliphatic rings. The van der Waals surface area contributed by atoms with Gasteiger partial charge >= 0.3 is 6.03 Å². The van der Waals surface area contributed by atoms with E-state index in [1.807, 2.05) is 65.8 Å². The van der Waals surface area contributed by atoms with Crippen LogP contribution in [0.2, 0.25) is 0 Å². The van der Waals surface area contributed by atoms with Crippen molar-refractivity contribution in [2.75, 3.05) is 11.9 Å². The Morgan fingerprint density at radius 2 is 1.61 bits per heavy atom. The van der Waals surface area contributed by atoms with Gasteiger partial charge in [-0.3, -0.25) is 9.59 Å². The lowest BCUT2D eigenvalue weighted by Gasteiger charge is -2.27. The van der Waals surface area contributed by atoms with Gasteiger partial charge in [0.2, 0.25) is 11.8 Å². The number of nitrogens with one attached hydrogen (secondary N) is 4. The van der Waals surface area contributed by atoms with Gasteiger partial charge in [-0.25, -0.2) is 4.79 Å². The maximum absolute atomic E-state index is 13.0. The van der Waals surface area contributed by atoms with Crippen LogP contribution in [0.4, 0.5) is 10.5 Å². The molecular formula is C24H41N5O4. The van der Waals surface area contributed by atoms with Crippen molar-refractivity contribution in [3.05, 3.63) is 29.8 Å². The van der Waals surface area contributed by atoms with Crippen LogP contribution in [0.25, 0.3) is 0 Å². The quantitative estimate of drug-likeness (QED) is 0.270. The summed E-state index contributed by atoms with van der Waals surface area (Å²) in [6.07, 6.45) is 0.971. The molecule has 0 saturated carbocycles. The lowest BCUT2D eigenvalue weighted by Crippen LogP contribution is -2.54. The lowest BCUT2D eigenvalue weighted by atomic mass is 10.0. The van der Waals surface area contributed by atoms with Crippen LogP contribution in [-0.4, -0.2) is 48.6 Å². The number of urea groups is 1. The SMILES string of the molecule is CC(C)NC(C(=O)N[C@@H](CCCNC(N)=O)C(=O)Nc1ccc(COC(C)C)cc1)C(C)C. The Bertz CT molecular complexity index is 750. The summed E-state index contributed by atoms with van der Waals surface area (Å²) in [6, 6.07) is 5.71. The fourth-order valence-electron chi connectivity index (χ4n) is 3.15. The van der Waals surface area contributed by atoms with E-state index in [2.05, 4.69) is 21.3 Å². The van der Waals surface area contributed by atoms with Crippen LogP contribution in [-0.2, 0) is 20.9 Å². The summed E-state index contributed by atoms with van der Waals surface area (Å²) in [4.78, 5) is 36.9. The molecule has 0 bridgehead atoms. The van der Waals surface area contributed by atoms with E-state index >= 15 is 0 Å². The number of ether oxygens (including phenoxy) is 1. The van der Waals surface area contributed by atoms with Gasteiger partial charge in [-0.2, -0.15) is 0 Å². The van der Waals surface area contributed by atoms with Crippen LogP contribution in [0.1, 0.15) is 59.9 Å². The van der Waals surface area contributed by atoms with Gasteiger partial charge in [0.15, 0.2) is 0 Å². The first kappa shape index (κ1) is 28.4. The average Bonchev–Trinajstić information content (AvgIpc) is 2.72. The summed E-state index contributed by atoms with van der Waals surface area (Å²) in [5, 5.41) is 11.5. The topological polar surface area (TPSA) is 135 Å². The van der Waals surface area contributed by atoms with Gasteiger partial charge < -0.3 is 31.7 Å². The van der Waals surface area contributed by atoms with Crippen LogP contribution in [0.5, 0.6) is 0 Å². The second kappa shape index (κ2) is 14.5. The zero-order valence-electron chi connectivity index (χ0n) is 20.7. The number of hydrogen-bond acceptors (Lipinski definition) is 5. The number of primary amides is 1. The Hall–Kier alpha value is -2.65. The molecule has 0 spiro atoms. The first-order chi connectivity index (χ1) is 15.5. The van der Waals surface area contributed by atoms with E-state index in [4.69, 9.17) is 10.5 Å². The smallest absolute Gasteiger partial charge is 0.312 e. The van der Waals surface area contributed by atoms with Gasteiger partial charge in [-0.1, -0.05) is 39.8 Å². The first-order valence-electron chi connectivity index (χ1n) is 11.6. The van der Waals surface area contributed by atoms with Gasteiger partial charge in [0.05, 0.1) is 18.8 Å².